The highest BCUT2D eigenvalue weighted by molar-refractivity contribution is 6.03. The number of carbonyl (C=O) groups excluding carboxylic acids is 3. The minimum atomic E-state index is -1.54. The normalized spacial score (nSPS) is 24.7. The molecule has 12 nitrogen and oxygen atoms in total. The number of methoxy groups -OCH3 is 1. The van der Waals surface area contributed by atoms with Crippen LogP contribution in [0.4, 0.5) is 0 Å². The van der Waals surface area contributed by atoms with Crippen LogP contribution < -0.4 is 20.7 Å². The fourth-order valence-electron chi connectivity index (χ4n) is 5.57. The summed E-state index contributed by atoms with van der Waals surface area (Å²) in [5, 5.41) is 48.4. The van der Waals surface area contributed by atoms with Gasteiger partial charge in [0.25, 0.3) is 0 Å². The molecule has 43 heavy (non-hydrogen) atoms. The first-order valence-electron chi connectivity index (χ1n) is 14.7. The van der Waals surface area contributed by atoms with E-state index in [0.29, 0.717) is 30.6 Å². The topological polar surface area (TPSA) is 190 Å². The fourth-order valence-corrected chi connectivity index (χ4v) is 5.57. The monoisotopic (exact) mass is 602 g/mol. The molecule has 7 N–H and O–H groups in total. The molecule has 0 saturated carbocycles. The molecule has 1 saturated heterocycles. The molecule has 0 aromatic heterocycles. The van der Waals surface area contributed by atoms with Crippen LogP contribution in [0.3, 0.4) is 0 Å². The smallest absolute Gasteiger partial charge is 0.246 e. The van der Waals surface area contributed by atoms with E-state index in [2.05, 4.69) is 16.0 Å². The van der Waals surface area contributed by atoms with Gasteiger partial charge in [-0.05, 0) is 55.1 Å². The highest BCUT2D eigenvalue weighted by Gasteiger charge is 2.39. The number of carbonyl (C=O) groups is 3. The molecule has 6 atom stereocenters. The summed E-state index contributed by atoms with van der Waals surface area (Å²) in [6.07, 6.45) is 2.34. The SMILES string of the molecule is CNC(CC(C)C)C(=O)NC(C(=O)NC1CC(=N)CC=CC1=O)C(O)c1ccc(OC)c(CC2(CO)CC(O)CCO2)c1. The lowest BCUT2D eigenvalue weighted by Gasteiger charge is -2.38. The highest BCUT2D eigenvalue weighted by Crippen LogP contribution is 2.34. The summed E-state index contributed by atoms with van der Waals surface area (Å²) >= 11 is 0. The van der Waals surface area contributed by atoms with Crippen LogP contribution in [0.1, 0.15) is 63.2 Å². The van der Waals surface area contributed by atoms with Crippen molar-refractivity contribution in [2.75, 3.05) is 27.4 Å². The minimum absolute atomic E-state index is 0.0165. The van der Waals surface area contributed by atoms with Crippen molar-refractivity contribution in [3.05, 3.63) is 41.5 Å². The van der Waals surface area contributed by atoms with Crippen LogP contribution in [0.25, 0.3) is 0 Å². The Morgan fingerprint density at radius 3 is 2.63 bits per heavy atom. The van der Waals surface area contributed by atoms with Crippen molar-refractivity contribution in [3.8, 4) is 5.75 Å². The van der Waals surface area contributed by atoms with Crippen LogP contribution in [0.2, 0.25) is 0 Å². The third-order valence-electron chi connectivity index (χ3n) is 7.94. The van der Waals surface area contributed by atoms with Crippen LogP contribution in [0, 0.1) is 11.3 Å². The summed E-state index contributed by atoms with van der Waals surface area (Å²) in [5.74, 6) is -1.01. The van der Waals surface area contributed by atoms with Gasteiger partial charge in [-0.2, -0.15) is 0 Å². The Bertz CT molecular complexity index is 1190. The van der Waals surface area contributed by atoms with E-state index in [-0.39, 0.29) is 55.5 Å². The number of hydrogen-bond donors (Lipinski definition) is 7. The van der Waals surface area contributed by atoms with E-state index in [0.717, 1.165) is 0 Å². The van der Waals surface area contributed by atoms with E-state index in [1.165, 1.54) is 13.2 Å². The highest BCUT2D eigenvalue weighted by atomic mass is 16.5. The van der Waals surface area contributed by atoms with E-state index in [9.17, 15) is 29.7 Å². The lowest BCUT2D eigenvalue weighted by Crippen LogP contribution is -2.57. The maximum atomic E-state index is 13.7. The van der Waals surface area contributed by atoms with E-state index in [4.69, 9.17) is 14.9 Å². The second-order valence-electron chi connectivity index (χ2n) is 11.9. The molecule has 238 valence electrons. The summed E-state index contributed by atoms with van der Waals surface area (Å²) in [6, 6.07) is 1.68. The van der Waals surface area contributed by atoms with Crippen LogP contribution in [0.15, 0.2) is 30.4 Å². The molecule has 0 radical (unpaired) electrons. The first-order valence-corrected chi connectivity index (χ1v) is 14.7. The molecule has 2 amide bonds. The molecule has 0 spiro atoms. The van der Waals surface area contributed by atoms with E-state index in [1.807, 2.05) is 13.8 Å². The number of ether oxygens (including phenoxy) is 2. The summed E-state index contributed by atoms with van der Waals surface area (Å²) in [7, 11) is 3.12. The number of hydrogen-bond acceptors (Lipinski definition) is 10. The Morgan fingerprint density at radius 1 is 1.26 bits per heavy atom. The number of nitrogens with one attached hydrogen (secondary N) is 4. The number of aliphatic hydroxyl groups excluding tert-OH is 3. The summed E-state index contributed by atoms with van der Waals surface area (Å²) < 4.78 is 11.4. The zero-order valence-electron chi connectivity index (χ0n) is 25.4. The molecule has 6 unspecified atom stereocenters. The molecule has 1 aliphatic heterocycles. The van der Waals surface area contributed by atoms with Gasteiger partial charge in [0, 0.05) is 38.0 Å². The van der Waals surface area contributed by atoms with E-state index in [1.54, 1.807) is 31.3 Å². The van der Waals surface area contributed by atoms with Gasteiger partial charge in [0.05, 0.1) is 37.5 Å². The van der Waals surface area contributed by atoms with Gasteiger partial charge in [-0.25, -0.2) is 0 Å². The number of aliphatic hydroxyl groups is 3. The van der Waals surface area contributed by atoms with E-state index < -0.39 is 47.7 Å². The molecule has 1 heterocycles. The van der Waals surface area contributed by atoms with Gasteiger partial charge < -0.3 is 46.2 Å². The third-order valence-corrected chi connectivity index (χ3v) is 7.94. The lowest BCUT2D eigenvalue weighted by molar-refractivity contribution is -0.139. The third kappa shape index (κ3) is 9.16. The van der Waals surface area contributed by atoms with Crippen molar-refractivity contribution in [1.82, 2.24) is 16.0 Å². The first kappa shape index (κ1) is 34.3. The largest absolute Gasteiger partial charge is 0.496 e. The van der Waals surface area contributed by atoms with Crippen molar-refractivity contribution < 1.29 is 39.2 Å². The molecular weight excluding hydrogens is 556 g/mol. The molecule has 1 fully saturated rings. The van der Waals surface area contributed by atoms with Crippen LogP contribution >= 0.6 is 0 Å². The van der Waals surface area contributed by atoms with Crippen molar-refractivity contribution in [2.45, 2.75) is 88.3 Å². The average molecular weight is 603 g/mol. The molecule has 1 aromatic rings. The second-order valence-corrected chi connectivity index (χ2v) is 11.9. The Morgan fingerprint density at radius 2 is 2.00 bits per heavy atom. The quantitative estimate of drug-likeness (QED) is 0.171. The minimum Gasteiger partial charge on any atom is -0.496 e. The molecule has 3 rings (SSSR count). The predicted octanol–water partition coefficient (Wildman–Crippen LogP) is 0.716. The molecule has 1 aliphatic carbocycles. The second kappa shape index (κ2) is 15.5. The maximum Gasteiger partial charge on any atom is 0.246 e. The standard InChI is InChI=1S/C31H46N4O8/c1-18(2)12-24(33-3)29(40)35-27(30(41)34-23-14-21(32)6-5-7-25(23)38)28(39)19-8-9-26(42-4)20(13-19)15-31(17-36)16-22(37)10-11-43-31/h5,7-9,13,18,22-24,27-28,32-33,36-37,39H,6,10-12,14-17H2,1-4H3,(H,34,41)(H,35,40). The Balaban J connectivity index is 1.95. The molecule has 0 bridgehead atoms. The van der Waals surface area contributed by atoms with Gasteiger partial charge in [0.2, 0.25) is 11.8 Å². The van der Waals surface area contributed by atoms with Gasteiger partial charge in [0.15, 0.2) is 5.78 Å². The van der Waals surface area contributed by atoms with Gasteiger partial charge >= 0.3 is 0 Å². The average Bonchev–Trinajstić information content (AvgIpc) is 3.12. The number of allylic oxidation sites excluding steroid dienone is 1. The Kier molecular flexibility index (Phi) is 12.4. The summed E-state index contributed by atoms with van der Waals surface area (Å²) in [5.41, 5.74) is 0.0608. The maximum absolute atomic E-state index is 13.7. The number of benzene rings is 1. The number of rotatable bonds is 13. The van der Waals surface area contributed by atoms with Gasteiger partial charge in [-0.1, -0.05) is 26.0 Å². The number of ketones is 1. The number of amides is 2. The van der Waals surface area contributed by atoms with Crippen LogP contribution in [0.5, 0.6) is 5.75 Å². The molecular formula is C31H46N4O8. The van der Waals surface area contributed by atoms with Gasteiger partial charge in [-0.15, -0.1) is 0 Å². The summed E-state index contributed by atoms with van der Waals surface area (Å²) in [4.78, 5) is 39.6. The van der Waals surface area contributed by atoms with Gasteiger partial charge in [0.1, 0.15) is 17.9 Å². The van der Waals surface area contributed by atoms with Gasteiger partial charge in [-0.3, -0.25) is 14.4 Å². The number of likely N-dealkylation sites (N-methyl/N-ethyl adjacent to an activating group) is 1. The predicted molar refractivity (Wildman–Crippen MR) is 160 cm³/mol. The first-order chi connectivity index (χ1) is 20.4. The van der Waals surface area contributed by atoms with Crippen molar-refractivity contribution >= 4 is 23.3 Å². The molecule has 12 heteroatoms. The van der Waals surface area contributed by atoms with Crippen molar-refractivity contribution in [1.29, 1.82) is 5.41 Å². The molecule has 1 aromatic carbocycles. The zero-order valence-corrected chi connectivity index (χ0v) is 25.4. The fraction of sp³-hybridized carbons (Fsp3) is 0.613. The zero-order chi connectivity index (χ0) is 31.7. The van der Waals surface area contributed by atoms with Crippen LogP contribution in [-0.2, 0) is 25.5 Å². The van der Waals surface area contributed by atoms with Crippen molar-refractivity contribution in [3.63, 3.8) is 0 Å². The Hall–Kier alpha value is -3.16. The lowest BCUT2D eigenvalue weighted by atomic mass is 9.85. The van der Waals surface area contributed by atoms with Crippen LogP contribution in [-0.4, -0.2) is 95.8 Å². The van der Waals surface area contributed by atoms with E-state index >= 15 is 0 Å². The molecule has 2 aliphatic rings. The Labute approximate surface area is 252 Å². The van der Waals surface area contributed by atoms with Crippen molar-refractivity contribution in [2.24, 2.45) is 5.92 Å². The summed E-state index contributed by atoms with van der Waals surface area (Å²) in [6.45, 7) is 3.85.